The molecular formula is C10H14NaO. The predicted molar refractivity (Wildman–Crippen MR) is 52.6 cm³/mol. The maximum Gasteiger partial charge on any atom is 0.119 e. The summed E-state index contributed by atoms with van der Waals surface area (Å²) in [5.41, 5.74) is 2.35. The summed E-state index contributed by atoms with van der Waals surface area (Å²) in [6.07, 6.45) is 1.91. The maximum atomic E-state index is 9.42. The van der Waals surface area contributed by atoms with E-state index in [1.165, 1.54) is 5.56 Å². The van der Waals surface area contributed by atoms with Crippen LogP contribution in [0.1, 0.15) is 25.0 Å². The number of phenols is 1. The van der Waals surface area contributed by atoms with Gasteiger partial charge in [0.1, 0.15) is 5.75 Å². The largest absolute Gasteiger partial charge is 0.508 e. The van der Waals surface area contributed by atoms with E-state index in [1.807, 2.05) is 6.07 Å². The third-order valence-electron chi connectivity index (χ3n) is 1.98. The summed E-state index contributed by atoms with van der Waals surface area (Å²) >= 11 is 0. The van der Waals surface area contributed by atoms with Crippen LogP contribution in [0.4, 0.5) is 0 Å². The molecule has 0 aliphatic carbocycles. The van der Waals surface area contributed by atoms with Gasteiger partial charge < -0.3 is 5.11 Å². The minimum absolute atomic E-state index is 0. The van der Waals surface area contributed by atoms with Gasteiger partial charge in [-0.2, -0.15) is 0 Å². The van der Waals surface area contributed by atoms with Crippen molar-refractivity contribution in [3.63, 3.8) is 0 Å². The van der Waals surface area contributed by atoms with Gasteiger partial charge in [-0.3, -0.25) is 0 Å². The van der Waals surface area contributed by atoms with Crippen LogP contribution in [0.15, 0.2) is 18.2 Å². The van der Waals surface area contributed by atoms with Crippen molar-refractivity contribution in [2.45, 2.75) is 26.7 Å². The summed E-state index contributed by atoms with van der Waals surface area (Å²) in [4.78, 5) is 0. The van der Waals surface area contributed by atoms with E-state index in [1.54, 1.807) is 6.07 Å². The monoisotopic (exact) mass is 173 g/mol. The molecule has 0 aliphatic heterocycles. The van der Waals surface area contributed by atoms with Crippen LogP contribution in [0.5, 0.6) is 5.75 Å². The predicted octanol–water partition coefficient (Wildman–Crippen LogP) is 2.14. The van der Waals surface area contributed by atoms with Gasteiger partial charge in [0.15, 0.2) is 0 Å². The zero-order valence-electron chi connectivity index (χ0n) is 8.09. The Labute approximate surface area is 96.1 Å². The smallest absolute Gasteiger partial charge is 0.119 e. The van der Waals surface area contributed by atoms with Crippen LogP contribution in [0, 0.1) is 0 Å². The third-order valence-corrected chi connectivity index (χ3v) is 1.98. The van der Waals surface area contributed by atoms with Crippen LogP contribution >= 0.6 is 0 Å². The van der Waals surface area contributed by atoms with Crippen LogP contribution in [0.2, 0.25) is 0 Å². The quantitative estimate of drug-likeness (QED) is 0.679. The van der Waals surface area contributed by atoms with Crippen molar-refractivity contribution in [2.75, 3.05) is 0 Å². The second kappa shape index (κ2) is 5.63. The molecule has 0 heterocycles. The van der Waals surface area contributed by atoms with Crippen molar-refractivity contribution in [1.29, 1.82) is 0 Å². The molecule has 1 aromatic rings. The fraction of sp³-hybridized carbons (Fsp3) is 0.400. The number of benzene rings is 1. The molecule has 1 aromatic carbocycles. The van der Waals surface area contributed by atoms with E-state index in [0.717, 1.165) is 18.4 Å². The van der Waals surface area contributed by atoms with Crippen molar-refractivity contribution in [1.82, 2.24) is 0 Å². The molecule has 0 aromatic heterocycles. The molecule has 0 amide bonds. The molecule has 0 fully saturated rings. The molecule has 0 atom stereocenters. The average molecular weight is 173 g/mol. The number of rotatable bonds is 2. The summed E-state index contributed by atoms with van der Waals surface area (Å²) in [5, 5.41) is 9.42. The van der Waals surface area contributed by atoms with Crippen LogP contribution in [0.3, 0.4) is 0 Å². The standard InChI is InChI=1S/C10H14O.Na/c1-3-8-6-5-7-10(11)9(8)4-2;/h5-7,11H,3-4H2,1-2H3;. The van der Waals surface area contributed by atoms with Gasteiger partial charge in [-0.05, 0) is 30.0 Å². The maximum absolute atomic E-state index is 9.42. The first-order chi connectivity index (χ1) is 5.29. The van der Waals surface area contributed by atoms with Crippen molar-refractivity contribution in [2.24, 2.45) is 0 Å². The van der Waals surface area contributed by atoms with Gasteiger partial charge in [-0.15, -0.1) is 0 Å². The van der Waals surface area contributed by atoms with E-state index in [4.69, 9.17) is 0 Å². The number of aromatic hydroxyl groups is 1. The van der Waals surface area contributed by atoms with Crippen LogP contribution in [-0.2, 0) is 12.8 Å². The van der Waals surface area contributed by atoms with E-state index in [-0.39, 0.29) is 29.6 Å². The van der Waals surface area contributed by atoms with Gasteiger partial charge in [0.25, 0.3) is 0 Å². The van der Waals surface area contributed by atoms with Gasteiger partial charge in [0.05, 0.1) is 0 Å². The van der Waals surface area contributed by atoms with Crippen molar-refractivity contribution >= 4 is 29.6 Å². The van der Waals surface area contributed by atoms with E-state index < -0.39 is 0 Å². The number of aryl methyl sites for hydroxylation is 1. The summed E-state index contributed by atoms with van der Waals surface area (Å²) in [6.45, 7) is 4.17. The fourth-order valence-corrected chi connectivity index (χ4v) is 1.36. The molecule has 1 nitrogen and oxygen atoms in total. The molecule has 0 aliphatic rings. The number of hydrogen-bond donors (Lipinski definition) is 1. The van der Waals surface area contributed by atoms with Gasteiger partial charge in [0, 0.05) is 29.6 Å². The van der Waals surface area contributed by atoms with E-state index in [2.05, 4.69) is 19.9 Å². The summed E-state index contributed by atoms with van der Waals surface area (Å²) in [5.74, 6) is 0.437. The Balaban J connectivity index is 0.00000121. The molecule has 0 unspecified atom stereocenters. The van der Waals surface area contributed by atoms with Crippen LogP contribution in [-0.4, -0.2) is 34.7 Å². The first-order valence-electron chi connectivity index (χ1n) is 4.09. The van der Waals surface area contributed by atoms with Crippen LogP contribution < -0.4 is 0 Å². The summed E-state index contributed by atoms with van der Waals surface area (Å²) < 4.78 is 0. The third kappa shape index (κ3) is 2.51. The summed E-state index contributed by atoms with van der Waals surface area (Å²) in [7, 11) is 0. The Hall–Kier alpha value is 0.0200. The molecule has 0 saturated carbocycles. The van der Waals surface area contributed by atoms with Gasteiger partial charge in [0.2, 0.25) is 0 Å². The molecule has 1 rings (SSSR count). The SMILES string of the molecule is CCc1cccc(O)c1CC.[Na]. The molecule has 61 valence electrons. The second-order valence-electron chi connectivity index (χ2n) is 2.62. The molecule has 0 bridgehead atoms. The molecule has 1 N–H and O–H groups in total. The Morgan fingerprint density at radius 3 is 2.25 bits per heavy atom. The Kier molecular flexibility index (Phi) is 5.64. The van der Waals surface area contributed by atoms with Crippen molar-refractivity contribution in [3.8, 4) is 5.75 Å². The zero-order chi connectivity index (χ0) is 8.27. The number of phenolic OH excluding ortho intramolecular Hbond substituents is 1. The Bertz CT molecular complexity index is 246. The number of hydrogen-bond acceptors (Lipinski definition) is 1. The van der Waals surface area contributed by atoms with Gasteiger partial charge in [-0.1, -0.05) is 26.0 Å². The minimum atomic E-state index is 0. The summed E-state index contributed by atoms with van der Waals surface area (Å²) in [6, 6.07) is 5.71. The minimum Gasteiger partial charge on any atom is -0.508 e. The van der Waals surface area contributed by atoms with E-state index in [0.29, 0.717) is 5.75 Å². The van der Waals surface area contributed by atoms with Gasteiger partial charge >= 0.3 is 0 Å². The molecule has 1 radical (unpaired) electrons. The molecule has 0 spiro atoms. The van der Waals surface area contributed by atoms with Gasteiger partial charge in [-0.25, -0.2) is 0 Å². The van der Waals surface area contributed by atoms with E-state index in [9.17, 15) is 5.11 Å². The van der Waals surface area contributed by atoms with Crippen molar-refractivity contribution in [3.05, 3.63) is 29.3 Å². The Morgan fingerprint density at radius 2 is 1.83 bits per heavy atom. The molecule has 2 heteroatoms. The first kappa shape index (κ1) is 12.0. The van der Waals surface area contributed by atoms with Crippen LogP contribution in [0.25, 0.3) is 0 Å². The second-order valence-corrected chi connectivity index (χ2v) is 2.62. The van der Waals surface area contributed by atoms with Crippen molar-refractivity contribution < 1.29 is 5.11 Å². The molecular weight excluding hydrogens is 159 g/mol. The fourth-order valence-electron chi connectivity index (χ4n) is 1.36. The average Bonchev–Trinajstić information content (AvgIpc) is 2.04. The van der Waals surface area contributed by atoms with E-state index >= 15 is 0 Å². The topological polar surface area (TPSA) is 20.2 Å². The first-order valence-corrected chi connectivity index (χ1v) is 4.09. The zero-order valence-corrected chi connectivity index (χ0v) is 10.1. The Morgan fingerprint density at radius 1 is 1.17 bits per heavy atom. The molecule has 12 heavy (non-hydrogen) atoms. The molecule has 0 saturated heterocycles. The normalized spacial score (nSPS) is 9.17.